The Morgan fingerprint density at radius 2 is 1.84 bits per heavy atom. The molecule has 1 aromatic carbocycles. The molecule has 3 aromatic rings. The summed E-state index contributed by atoms with van der Waals surface area (Å²) in [6, 6.07) is 7.12. The third kappa shape index (κ3) is 6.13. The van der Waals surface area contributed by atoms with Crippen LogP contribution in [-0.2, 0) is 12.8 Å². The predicted molar refractivity (Wildman–Crippen MR) is 151 cm³/mol. The van der Waals surface area contributed by atoms with Crippen molar-refractivity contribution in [3.8, 4) is 0 Å². The molecule has 0 saturated heterocycles. The highest BCUT2D eigenvalue weighted by Crippen LogP contribution is 2.40. The van der Waals surface area contributed by atoms with Crippen LogP contribution >= 0.6 is 23.1 Å². The van der Waals surface area contributed by atoms with Gasteiger partial charge in [0.15, 0.2) is 5.16 Å². The number of hydrogen-bond acceptors (Lipinski definition) is 8. The van der Waals surface area contributed by atoms with Crippen LogP contribution < -0.4 is 5.32 Å². The summed E-state index contributed by atoms with van der Waals surface area (Å²) in [6.07, 6.45) is 11.3. The molecule has 0 bridgehead atoms. The van der Waals surface area contributed by atoms with E-state index in [1.54, 1.807) is 29.7 Å². The van der Waals surface area contributed by atoms with Crippen molar-refractivity contribution in [2.24, 2.45) is 4.99 Å². The fourth-order valence-electron chi connectivity index (χ4n) is 5.20. The summed E-state index contributed by atoms with van der Waals surface area (Å²) in [6.45, 7) is 3.75. The molecule has 0 radical (unpaired) electrons. The molecule has 0 aliphatic heterocycles. The number of nitro groups is 1. The smallest absolute Gasteiger partial charge is 0.283 e. The number of hydrogen-bond donors (Lipinski definition) is 1. The maximum atomic E-state index is 13.4. The van der Waals surface area contributed by atoms with Crippen LogP contribution in [0, 0.1) is 24.0 Å². The zero-order valence-electron chi connectivity index (χ0n) is 21.7. The molecular weight excluding hydrogens is 518 g/mol. The zero-order chi connectivity index (χ0) is 26.6. The van der Waals surface area contributed by atoms with E-state index in [-0.39, 0.29) is 17.6 Å². The number of rotatable bonds is 7. The predicted octanol–water partition coefficient (Wildman–Crippen LogP) is 6.91. The molecule has 198 valence electrons. The Morgan fingerprint density at radius 3 is 2.58 bits per heavy atom. The topological polar surface area (TPSA) is 110 Å². The van der Waals surface area contributed by atoms with Crippen LogP contribution in [-0.4, -0.2) is 33.1 Å². The lowest BCUT2D eigenvalue weighted by atomic mass is 9.93. The summed E-state index contributed by atoms with van der Waals surface area (Å²) in [7, 11) is 0. The van der Waals surface area contributed by atoms with Gasteiger partial charge in [0.25, 0.3) is 11.6 Å². The molecular formula is C28H31N5O3S2. The van der Waals surface area contributed by atoms with Gasteiger partial charge in [0.2, 0.25) is 0 Å². The molecule has 0 spiro atoms. The Hall–Kier alpha value is -3.11. The third-order valence-corrected chi connectivity index (χ3v) is 9.12. The van der Waals surface area contributed by atoms with E-state index in [4.69, 9.17) is 4.99 Å². The van der Waals surface area contributed by atoms with Crippen LogP contribution in [0.1, 0.15) is 82.7 Å². The van der Waals surface area contributed by atoms with E-state index in [9.17, 15) is 14.9 Å². The Kier molecular flexibility index (Phi) is 8.18. The second-order valence-electron chi connectivity index (χ2n) is 9.98. The molecule has 1 fully saturated rings. The normalized spacial score (nSPS) is 15.9. The number of nitro benzene ring substituents is 1. The van der Waals surface area contributed by atoms with Crippen molar-refractivity contribution in [1.82, 2.24) is 15.3 Å². The number of aryl methyl sites for hydroxylation is 3. The van der Waals surface area contributed by atoms with Gasteiger partial charge in [-0.1, -0.05) is 25.3 Å². The first-order valence-corrected chi connectivity index (χ1v) is 14.8. The van der Waals surface area contributed by atoms with Crippen molar-refractivity contribution in [3.05, 3.63) is 67.3 Å². The molecule has 10 heteroatoms. The number of carbonyl (C=O) groups is 1. The minimum Gasteiger partial charge on any atom is -0.349 e. The number of carbonyl (C=O) groups excluding carboxylic acids is 1. The van der Waals surface area contributed by atoms with E-state index in [1.165, 1.54) is 29.1 Å². The Labute approximate surface area is 230 Å². The van der Waals surface area contributed by atoms with Gasteiger partial charge in [-0.2, -0.15) is 0 Å². The highest BCUT2D eigenvalue weighted by atomic mass is 32.2. The van der Waals surface area contributed by atoms with E-state index < -0.39 is 4.92 Å². The molecule has 2 heterocycles. The maximum absolute atomic E-state index is 13.4. The summed E-state index contributed by atoms with van der Waals surface area (Å²) in [5.41, 5.74) is 4.03. The van der Waals surface area contributed by atoms with Gasteiger partial charge in [0, 0.05) is 34.6 Å². The molecule has 5 rings (SSSR count). The minimum absolute atomic E-state index is 0.0255. The van der Waals surface area contributed by atoms with Crippen molar-refractivity contribution in [2.45, 2.75) is 87.7 Å². The fourth-order valence-corrected chi connectivity index (χ4v) is 7.38. The second kappa shape index (κ2) is 11.7. The van der Waals surface area contributed by atoms with Crippen molar-refractivity contribution in [2.75, 3.05) is 0 Å². The molecule has 2 aliphatic rings. The van der Waals surface area contributed by atoms with Crippen LogP contribution in [0.25, 0.3) is 0 Å². The monoisotopic (exact) mass is 549 g/mol. The van der Waals surface area contributed by atoms with Gasteiger partial charge in [0.1, 0.15) is 5.00 Å². The van der Waals surface area contributed by atoms with Gasteiger partial charge in [-0.05, 0) is 87.4 Å². The molecule has 0 atom stereocenters. The summed E-state index contributed by atoms with van der Waals surface area (Å²) >= 11 is 2.75. The van der Waals surface area contributed by atoms with Gasteiger partial charge in [-0.3, -0.25) is 14.9 Å². The largest absolute Gasteiger partial charge is 0.349 e. The van der Waals surface area contributed by atoms with Gasteiger partial charge in [-0.15, -0.1) is 11.3 Å². The maximum Gasteiger partial charge on any atom is 0.283 e. The molecule has 8 nitrogen and oxygen atoms in total. The minimum atomic E-state index is -0.394. The van der Waals surface area contributed by atoms with E-state index in [0.717, 1.165) is 68.3 Å². The van der Waals surface area contributed by atoms with Gasteiger partial charge < -0.3 is 5.32 Å². The third-order valence-electron chi connectivity index (χ3n) is 6.99. The Balaban J connectivity index is 1.42. The summed E-state index contributed by atoms with van der Waals surface area (Å²) < 4.78 is 0. The fraction of sp³-hybridized carbons (Fsp3) is 0.429. The standard InChI is InChI=1S/C28H31N5O3S2/c1-17-14-18(2)31-28(30-17)38-24-13-12-19(15-22(24)33(35)36)16-29-27-25(21-10-6-7-11-23(21)37-27)26(34)32-20-8-4-3-5-9-20/h12-16,20H,3-11H2,1-2H3,(H,32,34). The first kappa shape index (κ1) is 26.5. The average molecular weight is 550 g/mol. The first-order valence-electron chi connectivity index (χ1n) is 13.2. The molecule has 0 unspecified atom stereocenters. The molecule has 1 saturated carbocycles. The summed E-state index contributed by atoms with van der Waals surface area (Å²) in [4.78, 5) is 40.1. The number of nitrogens with zero attached hydrogens (tertiary/aromatic N) is 4. The lowest BCUT2D eigenvalue weighted by Gasteiger charge is -2.23. The first-order chi connectivity index (χ1) is 18.4. The van der Waals surface area contributed by atoms with Gasteiger partial charge in [0.05, 0.1) is 15.4 Å². The van der Waals surface area contributed by atoms with Crippen LogP contribution in [0.3, 0.4) is 0 Å². The van der Waals surface area contributed by atoms with E-state index in [0.29, 0.717) is 26.2 Å². The van der Waals surface area contributed by atoms with Crippen LogP contribution in [0.5, 0.6) is 0 Å². The lowest BCUT2D eigenvalue weighted by Crippen LogP contribution is -2.36. The molecule has 2 aromatic heterocycles. The van der Waals surface area contributed by atoms with E-state index in [1.807, 2.05) is 19.9 Å². The number of aromatic nitrogens is 2. The summed E-state index contributed by atoms with van der Waals surface area (Å²) in [5.74, 6) is -0.0328. The molecule has 1 amide bonds. The zero-order valence-corrected chi connectivity index (χ0v) is 23.3. The quantitative estimate of drug-likeness (QED) is 0.148. The van der Waals surface area contributed by atoms with Crippen LogP contribution in [0.2, 0.25) is 0 Å². The second-order valence-corrected chi connectivity index (χ2v) is 12.1. The van der Waals surface area contributed by atoms with Crippen LogP contribution in [0.15, 0.2) is 39.3 Å². The number of thiophene rings is 1. The SMILES string of the molecule is Cc1cc(C)nc(Sc2ccc(C=Nc3sc4c(c3C(=O)NC3CCCCC3)CCCC4)cc2[N+](=O)[O-])n1. The number of fused-ring (bicyclic) bond motifs is 1. The van der Waals surface area contributed by atoms with E-state index >= 15 is 0 Å². The number of benzene rings is 1. The van der Waals surface area contributed by atoms with Crippen molar-refractivity contribution in [3.63, 3.8) is 0 Å². The van der Waals surface area contributed by atoms with Crippen molar-refractivity contribution < 1.29 is 9.72 Å². The number of aliphatic imine (C=N–C) groups is 1. The highest BCUT2D eigenvalue weighted by molar-refractivity contribution is 7.99. The van der Waals surface area contributed by atoms with Crippen LogP contribution in [0.4, 0.5) is 10.7 Å². The van der Waals surface area contributed by atoms with E-state index in [2.05, 4.69) is 15.3 Å². The molecule has 38 heavy (non-hydrogen) atoms. The lowest BCUT2D eigenvalue weighted by molar-refractivity contribution is -0.387. The number of nitrogens with one attached hydrogen (secondary N) is 1. The Bertz CT molecular complexity index is 1380. The summed E-state index contributed by atoms with van der Waals surface area (Å²) in [5, 5.41) is 16.3. The molecule has 1 N–H and O–H groups in total. The van der Waals surface area contributed by atoms with Gasteiger partial charge >= 0.3 is 0 Å². The number of amides is 1. The van der Waals surface area contributed by atoms with Crippen molar-refractivity contribution in [1.29, 1.82) is 0 Å². The van der Waals surface area contributed by atoms with Gasteiger partial charge in [-0.25, -0.2) is 15.0 Å². The van der Waals surface area contributed by atoms with Crippen molar-refractivity contribution >= 4 is 45.9 Å². The average Bonchev–Trinajstić information content (AvgIpc) is 3.26. The Morgan fingerprint density at radius 1 is 1.11 bits per heavy atom. The molecule has 2 aliphatic carbocycles. The highest BCUT2D eigenvalue weighted by Gasteiger charge is 2.27.